The third kappa shape index (κ3) is 3.90. The van der Waals surface area contributed by atoms with Crippen molar-refractivity contribution in [3.63, 3.8) is 0 Å². The van der Waals surface area contributed by atoms with Crippen LogP contribution in [0.2, 0.25) is 0 Å². The molecule has 0 N–H and O–H groups in total. The summed E-state index contributed by atoms with van der Waals surface area (Å²) in [6.45, 7) is 0. The highest BCUT2D eigenvalue weighted by molar-refractivity contribution is 6.16. The molecule has 1 aliphatic carbocycles. The van der Waals surface area contributed by atoms with E-state index >= 15 is 0 Å². The van der Waals surface area contributed by atoms with E-state index < -0.39 is 5.41 Å². The van der Waals surface area contributed by atoms with E-state index in [1.165, 1.54) is 22.3 Å². The fourth-order valence-corrected chi connectivity index (χ4v) is 8.49. The molecule has 3 heterocycles. The highest BCUT2D eigenvalue weighted by Crippen LogP contribution is 2.63. The maximum Gasteiger partial charge on any atom is 0.160 e. The zero-order valence-corrected chi connectivity index (χ0v) is 27.4. The number of fused-ring (bicyclic) bond motifs is 13. The van der Waals surface area contributed by atoms with Gasteiger partial charge in [-0.3, -0.25) is 0 Å². The second-order valence-electron chi connectivity index (χ2n) is 13.2. The number of benzene rings is 7. The standard InChI is InChI=1S/C47H28N2O2/c1-3-14-29(15-4-1)38-28-39(49-46(48-38)30-16-5-2-6-17-30)33-20-13-25-41-43(33)44-42(50-41)27-26-37-45(44)51-40-24-12-11-23-36(40)47(37)34-21-9-7-18-31(34)32-19-8-10-22-35(32)47/h1-28H. The van der Waals surface area contributed by atoms with Crippen molar-refractivity contribution in [1.82, 2.24) is 9.97 Å². The lowest BCUT2D eigenvalue weighted by atomic mass is 9.66. The molecule has 2 aliphatic rings. The number of para-hydroxylation sites is 1. The van der Waals surface area contributed by atoms with Gasteiger partial charge in [0.2, 0.25) is 0 Å². The van der Waals surface area contributed by atoms with Gasteiger partial charge in [0.15, 0.2) is 5.82 Å². The van der Waals surface area contributed by atoms with Crippen LogP contribution in [0.4, 0.5) is 0 Å². The third-order valence-electron chi connectivity index (χ3n) is 10.6. The van der Waals surface area contributed by atoms with Crippen LogP contribution < -0.4 is 4.74 Å². The van der Waals surface area contributed by atoms with Crippen LogP contribution in [0.25, 0.3) is 67.0 Å². The maximum atomic E-state index is 7.06. The average molecular weight is 653 g/mol. The molecule has 9 aromatic rings. The molecule has 0 bridgehead atoms. The predicted molar refractivity (Wildman–Crippen MR) is 203 cm³/mol. The van der Waals surface area contributed by atoms with Gasteiger partial charge >= 0.3 is 0 Å². The fourth-order valence-electron chi connectivity index (χ4n) is 8.49. The second-order valence-corrected chi connectivity index (χ2v) is 13.2. The summed E-state index contributed by atoms with van der Waals surface area (Å²) in [4.78, 5) is 10.3. The lowest BCUT2D eigenvalue weighted by molar-refractivity contribution is 0.441. The van der Waals surface area contributed by atoms with Crippen molar-refractivity contribution in [2.75, 3.05) is 0 Å². The summed E-state index contributed by atoms with van der Waals surface area (Å²) >= 11 is 0. The van der Waals surface area contributed by atoms with Crippen LogP contribution in [-0.4, -0.2) is 9.97 Å². The SMILES string of the molecule is c1ccc(-c2cc(-c3cccc4oc5ccc6c(c5c34)Oc3ccccc3C63c4ccccc4-c4ccccc43)nc(-c3ccccc3)n2)cc1. The zero-order valence-electron chi connectivity index (χ0n) is 27.4. The summed E-state index contributed by atoms with van der Waals surface area (Å²) in [5.74, 6) is 2.32. The highest BCUT2D eigenvalue weighted by atomic mass is 16.5. The van der Waals surface area contributed by atoms with E-state index in [4.69, 9.17) is 19.1 Å². The minimum Gasteiger partial charge on any atom is -0.456 e. The van der Waals surface area contributed by atoms with Gasteiger partial charge in [0.1, 0.15) is 22.7 Å². The molecule has 2 aromatic heterocycles. The number of rotatable bonds is 3. The van der Waals surface area contributed by atoms with Gasteiger partial charge in [0.25, 0.3) is 0 Å². The van der Waals surface area contributed by atoms with E-state index in [-0.39, 0.29) is 0 Å². The lowest BCUT2D eigenvalue weighted by Crippen LogP contribution is -2.32. The minimum atomic E-state index is -0.569. The Labute approximate surface area is 294 Å². The number of hydrogen-bond donors (Lipinski definition) is 0. The number of nitrogens with zero attached hydrogens (tertiary/aromatic N) is 2. The molecule has 0 saturated carbocycles. The molecule has 4 nitrogen and oxygen atoms in total. The van der Waals surface area contributed by atoms with Crippen molar-refractivity contribution in [1.29, 1.82) is 0 Å². The number of ether oxygens (including phenoxy) is 1. The van der Waals surface area contributed by atoms with Gasteiger partial charge in [-0.2, -0.15) is 0 Å². The largest absolute Gasteiger partial charge is 0.456 e. The van der Waals surface area contributed by atoms with Gasteiger partial charge in [-0.15, -0.1) is 0 Å². The minimum absolute atomic E-state index is 0.569. The van der Waals surface area contributed by atoms with Gasteiger partial charge in [-0.05, 0) is 52.6 Å². The van der Waals surface area contributed by atoms with Gasteiger partial charge < -0.3 is 9.15 Å². The maximum absolute atomic E-state index is 7.06. The van der Waals surface area contributed by atoms with E-state index in [1.807, 2.05) is 48.5 Å². The van der Waals surface area contributed by atoms with Crippen LogP contribution in [0.3, 0.4) is 0 Å². The first-order valence-corrected chi connectivity index (χ1v) is 17.2. The Balaban J connectivity index is 1.24. The number of furan rings is 1. The summed E-state index contributed by atoms with van der Waals surface area (Å²) < 4.78 is 13.7. The van der Waals surface area contributed by atoms with E-state index in [9.17, 15) is 0 Å². The molecule has 0 amide bonds. The number of aromatic nitrogens is 2. The number of hydrogen-bond acceptors (Lipinski definition) is 4. The molecule has 11 rings (SSSR count). The molecule has 0 unspecified atom stereocenters. The van der Waals surface area contributed by atoms with Crippen molar-refractivity contribution in [3.05, 3.63) is 192 Å². The molecule has 0 atom stereocenters. The van der Waals surface area contributed by atoms with Crippen molar-refractivity contribution < 1.29 is 9.15 Å². The lowest BCUT2D eigenvalue weighted by Gasteiger charge is -2.39. The first-order valence-electron chi connectivity index (χ1n) is 17.2. The molecule has 1 spiro atoms. The van der Waals surface area contributed by atoms with E-state index in [2.05, 4.69) is 121 Å². The van der Waals surface area contributed by atoms with Crippen LogP contribution in [-0.2, 0) is 5.41 Å². The second kappa shape index (κ2) is 10.6. The van der Waals surface area contributed by atoms with Crippen molar-refractivity contribution >= 4 is 21.9 Å². The molecule has 7 aromatic carbocycles. The van der Waals surface area contributed by atoms with Crippen molar-refractivity contribution in [2.24, 2.45) is 0 Å². The molecule has 0 fully saturated rings. The Kier molecular flexibility index (Phi) is 5.84. The van der Waals surface area contributed by atoms with Crippen LogP contribution >= 0.6 is 0 Å². The summed E-state index contributed by atoms with van der Waals surface area (Å²) in [6, 6.07) is 59.2. The molecule has 4 heteroatoms. The Bertz CT molecular complexity index is 2730. The quantitative estimate of drug-likeness (QED) is 0.191. The summed E-state index contributed by atoms with van der Waals surface area (Å²) in [5, 5.41) is 1.91. The zero-order chi connectivity index (χ0) is 33.5. The predicted octanol–water partition coefficient (Wildman–Crippen LogP) is 11.8. The first kappa shape index (κ1) is 28.1. The summed E-state index contributed by atoms with van der Waals surface area (Å²) in [6.07, 6.45) is 0. The summed E-state index contributed by atoms with van der Waals surface area (Å²) in [5.41, 5.74) is 12.8. The van der Waals surface area contributed by atoms with Crippen molar-refractivity contribution in [2.45, 2.75) is 5.41 Å². The van der Waals surface area contributed by atoms with Crippen LogP contribution in [0.15, 0.2) is 174 Å². The van der Waals surface area contributed by atoms with Crippen LogP contribution in [0, 0.1) is 0 Å². The Morgan fingerprint density at radius 2 is 1.00 bits per heavy atom. The fraction of sp³-hybridized carbons (Fsp3) is 0.0213. The highest BCUT2D eigenvalue weighted by Gasteiger charge is 2.51. The van der Waals surface area contributed by atoms with Gasteiger partial charge in [-0.25, -0.2) is 9.97 Å². The van der Waals surface area contributed by atoms with Crippen LogP contribution in [0.1, 0.15) is 22.3 Å². The Hall–Kier alpha value is -6.78. The molecule has 0 radical (unpaired) electrons. The molecule has 51 heavy (non-hydrogen) atoms. The average Bonchev–Trinajstić information content (AvgIpc) is 3.73. The third-order valence-corrected chi connectivity index (χ3v) is 10.6. The Morgan fingerprint density at radius 1 is 0.412 bits per heavy atom. The molecule has 238 valence electrons. The van der Waals surface area contributed by atoms with Gasteiger partial charge in [0.05, 0.1) is 22.2 Å². The van der Waals surface area contributed by atoms with E-state index in [0.717, 1.165) is 72.6 Å². The molecule has 1 aliphatic heterocycles. The topological polar surface area (TPSA) is 48.2 Å². The van der Waals surface area contributed by atoms with Crippen molar-refractivity contribution in [3.8, 4) is 56.5 Å². The smallest absolute Gasteiger partial charge is 0.160 e. The van der Waals surface area contributed by atoms with E-state index in [1.54, 1.807) is 0 Å². The normalized spacial score (nSPS) is 13.4. The molecule has 0 saturated heterocycles. The van der Waals surface area contributed by atoms with Gasteiger partial charge in [-0.1, -0.05) is 140 Å². The Morgan fingerprint density at radius 3 is 1.75 bits per heavy atom. The van der Waals surface area contributed by atoms with E-state index in [0.29, 0.717) is 5.82 Å². The first-order chi connectivity index (χ1) is 25.3. The van der Waals surface area contributed by atoms with Gasteiger partial charge in [0, 0.05) is 33.2 Å². The monoisotopic (exact) mass is 652 g/mol. The summed E-state index contributed by atoms with van der Waals surface area (Å²) in [7, 11) is 0. The molecular weight excluding hydrogens is 625 g/mol. The molecular formula is C47H28N2O2. The van der Waals surface area contributed by atoms with Crippen LogP contribution in [0.5, 0.6) is 11.5 Å².